The number of thiocarbonyl (C=S) groups is 1. The number of carbonyl (C=O) groups is 1. The Morgan fingerprint density at radius 3 is 2.76 bits per heavy atom. The van der Waals surface area contributed by atoms with Crippen LogP contribution in [0.25, 0.3) is 10.2 Å². The van der Waals surface area contributed by atoms with Crippen LogP contribution in [-0.2, 0) is 4.74 Å². The smallest absolute Gasteiger partial charge is 0.258 e. The Kier molecular flexibility index (Phi) is 6.17. The van der Waals surface area contributed by atoms with Gasteiger partial charge in [0.1, 0.15) is 0 Å². The van der Waals surface area contributed by atoms with Gasteiger partial charge in [-0.15, -0.1) is 0 Å². The Balaban J connectivity index is 1.45. The van der Waals surface area contributed by atoms with Gasteiger partial charge in [0.05, 0.1) is 34.0 Å². The molecule has 0 aliphatic carbocycles. The molecule has 0 atom stereocenters. The molecule has 29 heavy (non-hydrogen) atoms. The second-order valence-electron chi connectivity index (χ2n) is 6.30. The number of hydrogen-bond acceptors (Lipinski definition) is 6. The molecule has 0 unspecified atom stereocenters. The number of carbonyl (C=O) groups excluding carboxylic acids is 1. The first kappa shape index (κ1) is 20.3. The van der Waals surface area contributed by atoms with Gasteiger partial charge >= 0.3 is 0 Å². The highest BCUT2D eigenvalue weighted by atomic mass is 35.5. The number of nitrogens with one attached hydrogen (secondary N) is 2. The monoisotopic (exact) mass is 466 g/mol. The fourth-order valence-corrected chi connectivity index (χ4v) is 4.49. The third-order valence-corrected chi connectivity index (χ3v) is 6.07. The van der Waals surface area contributed by atoms with E-state index in [1.165, 1.54) is 17.4 Å². The number of fused-ring (bicyclic) bond motifs is 1. The van der Waals surface area contributed by atoms with E-state index in [2.05, 4.69) is 32.7 Å². The van der Waals surface area contributed by atoms with Crippen LogP contribution in [0.5, 0.6) is 0 Å². The first-order valence-electron chi connectivity index (χ1n) is 8.80. The van der Waals surface area contributed by atoms with Crippen molar-refractivity contribution in [3.8, 4) is 0 Å². The van der Waals surface area contributed by atoms with E-state index < -0.39 is 5.91 Å². The molecule has 2 aromatic carbocycles. The number of rotatable bonds is 3. The van der Waals surface area contributed by atoms with Crippen LogP contribution < -0.4 is 15.5 Å². The number of ether oxygens (including phenoxy) is 1. The molecule has 2 N–H and O–H groups in total. The molecule has 3 aromatic rings. The summed E-state index contributed by atoms with van der Waals surface area (Å²) in [5, 5.41) is 7.02. The van der Waals surface area contributed by atoms with E-state index in [1.54, 1.807) is 12.1 Å². The van der Waals surface area contributed by atoms with Gasteiger partial charge in [0.2, 0.25) is 0 Å². The van der Waals surface area contributed by atoms with Crippen molar-refractivity contribution in [3.05, 3.63) is 52.0 Å². The van der Waals surface area contributed by atoms with Gasteiger partial charge in [0, 0.05) is 23.8 Å². The summed E-state index contributed by atoms with van der Waals surface area (Å²) < 4.78 is 6.44. The van der Waals surface area contributed by atoms with Crippen LogP contribution in [-0.4, -0.2) is 42.3 Å². The van der Waals surface area contributed by atoms with E-state index in [4.69, 9.17) is 40.2 Å². The van der Waals surface area contributed by atoms with Gasteiger partial charge in [0.25, 0.3) is 5.91 Å². The molecular formula is C19H16Cl2N4O2S2. The summed E-state index contributed by atoms with van der Waals surface area (Å²) in [5.41, 5.74) is 2.26. The number of halogens is 2. The largest absolute Gasteiger partial charge is 0.378 e. The van der Waals surface area contributed by atoms with Gasteiger partial charge in [-0.2, -0.15) is 0 Å². The molecule has 0 saturated carbocycles. The summed E-state index contributed by atoms with van der Waals surface area (Å²) in [6, 6.07) is 10.8. The molecule has 1 aromatic heterocycles. The van der Waals surface area contributed by atoms with Crippen LogP contribution >= 0.6 is 46.8 Å². The van der Waals surface area contributed by atoms with Crippen molar-refractivity contribution in [2.45, 2.75) is 0 Å². The van der Waals surface area contributed by atoms with Crippen LogP contribution in [0.1, 0.15) is 10.4 Å². The van der Waals surface area contributed by atoms with Crippen molar-refractivity contribution in [1.29, 1.82) is 0 Å². The SMILES string of the molecule is O=C(NC(=S)Nc1nc2ccc(N3CCOCC3)cc2s1)c1cc(Cl)ccc1Cl. The third kappa shape index (κ3) is 4.79. The van der Waals surface area contributed by atoms with Crippen LogP contribution in [0.15, 0.2) is 36.4 Å². The molecule has 0 spiro atoms. The van der Waals surface area contributed by atoms with E-state index >= 15 is 0 Å². The lowest BCUT2D eigenvalue weighted by Gasteiger charge is -2.28. The highest BCUT2D eigenvalue weighted by molar-refractivity contribution is 7.80. The lowest BCUT2D eigenvalue weighted by atomic mass is 10.2. The second-order valence-corrected chi connectivity index (χ2v) is 8.59. The normalized spacial score (nSPS) is 14.1. The first-order valence-corrected chi connectivity index (χ1v) is 10.8. The number of aromatic nitrogens is 1. The highest BCUT2D eigenvalue weighted by Crippen LogP contribution is 2.30. The lowest BCUT2D eigenvalue weighted by molar-refractivity contribution is 0.0978. The Morgan fingerprint density at radius 2 is 1.97 bits per heavy atom. The zero-order valence-electron chi connectivity index (χ0n) is 15.1. The van der Waals surface area contributed by atoms with E-state index in [0.29, 0.717) is 15.2 Å². The summed E-state index contributed by atoms with van der Waals surface area (Å²) in [5.74, 6) is -0.439. The maximum Gasteiger partial charge on any atom is 0.258 e. The highest BCUT2D eigenvalue weighted by Gasteiger charge is 2.15. The van der Waals surface area contributed by atoms with Gasteiger partial charge in [0.15, 0.2) is 10.2 Å². The predicted octanol–water partition coefficient (Wildman–Crippen LogP) is 4.57. The fraction of sp³-hybridized carbons (Fsp3) is 0.211. The molecule has 1 saturated heterocycles. The topological polar surface area (TPSA) is 66.5 Å². The molecule has 1 amide bonds. The molecule has 4 rings (SSSR count). The number of benzene rings is 2. The Labute approximate surface area is 186 Å². The van der Waals surface area contributed by atoms with E-state index in [9.17, 15) is 4.79 Å². The van der Waals surface area contributed by atoms with Crippen molar-refractivity contribution >= 4 is 78.8 Å². The Hall–Kier alpha value is -1.97. The minimum Gasteiger partial charge on any atom is -0.378 e. The number of thiazole rings is 1. The zero-order valence-corrected chi connectivity index (χ0v) is 18.2. The zero-order chi connectivity index (χ0) is 20.4. The summed E-state index contributed by atoms with van der Waals surface area (Å²) >= 11 is 18.7. The number of morpholine rings is 1. The Morgan fingerprint density at radius 1 is 1.17 bits per heavy atom. The van der Waals surface area contributed by atoms with Crippen LogP contribution in [0.2, 0.25) is 10.0 Å². The van der Waals surface area contributed by atoms with Gasteiger partial charge in [-0.1, -0.05) is 34.5 Å². The number of hydrogen-bond donors (Lipinski definition) is 2. The minimum atomic E-state index is -0.439. The molecule has 0 radical (unpaired) electrons. The van der Waals surface area contributed by atoms with Crippen LogP contribution in [0.4, 0.5) is 10.8 Å². The lowest BCUT2D eigenvalue weighted by Crippen LogP contribution is -2.36. The maximum atomic E-state index is 12.4. The van der Waals surface area contributed by atoms with E-state index in [-0.39, 0.29) is 10.7 Å². The van der Waals surface area contributed by atoms with Gasteiger partial charge in [-0.3, -0.25) is 10.1 Å². The van der Waals surface area contributed by atoms with E-state index in [1.807, 2.05) is 6.07 Å². The van der Waals surface area contributed by atoms with Crippen molar-refractivity contribution in [2.24, 2.45) is 0 Å². The van der Waals surface area contributed by atoms with Gasteiger partial charge < -0.3 is 15.0 Å². The Bertz CT molecular complexity index is 1080. The van der Waals surface area contributed by atoms with Crippen molar-refractivity contribution in [1.82, 2.24) is 10.3 Å². The summed E-state index contributed by atoms with van der Waals surface area (Å²) in [6.45, 7) is 3.21. The molecular weight excluding hydrogens is 451 g/mol. The molecule has 150 valence electrons. The maximum absolute atomic E-state index is 12.4. The van der Waals surface area contributed by atoms with Crippen molar-refractivity contribution < 1.29 is 9.53 Å². The average molecular weight is 467 g/mol. The molecule has 2 heterocycles. The predicted molar refractivity (Wildman–Crippen MR) is 123 cm³/mol. The summed E-state index contributed by atoms with van der Waals surface area (Å²) in [6.07, 6.45) is 0. The van der Waals surface area contributed by atoms with Crippen molar-refractivity contribution in [3.63, 3.8) is 0 Å². The molecule has 6 nitrogen and oxygen atoms in total. The van der Waals surface area contributed by atoms with Gasteiger partial charge in [-0.25, -0.2) is 4.98 Å². The number of anilines is 2. The standard InChI is InChI=1S/C19H16Cl2N4O2S2/c20-11-1-3-14(21)13(9-11)17(26)23-18(28)24-19-22-15-4-2-12(10-16(15)29-19)25-5-7-27-8-6-25/h1-4,9-10H,5-8H2,(H2,22,23,24,26,28). The molecule has 0 bridgehead atoms. The average Bonchev–Trinajstić information content (AvgIpc) is 3.11. The minimum absolute atomic E-state index is 0.138. The summed E-state index contributed by atoms with van der Waals surface area (Å²) in [4.78, 5) is 19.2. The third-order valence-electron chi connectivity index (χ3n) is 4.37. The van der Waals surface area contributed by atoms with Gasteiger partial charge in [-0.05, 0) is 48.6 Å². The van der Waals surface area contributed by atoms with Crippen LogP contribution in [0, 0.1) is 0 Å². The first-order chi connectivity index (χ1) is 14.0. The number of amides is 1. The second kappa shape index (κ2) is 8.81. The fourth-order valence-electron chi connectivity index (χ4n) is 2.96. The van der Waals surface area contributed by atoms with E-state index in [0.717, 1.165) is 42.2 Å². The molecule has 1 fully saturated rings. The number of nitrogens with zero attached hydrogens (tertiary/aromatic N) is 2. The van der Waals surface area contributed by atoms with Crippen LogP contribution in [0.3, 0.4) is 0 Å². The summed E-state index contributed by atoms with van der Waals surface area (Å²) in [7, 11) is 0. The molecule has 1 aliphatic heterocycles. The van der Waals surface area contributed by atoms with Crippen molar-refractivity contribution in [2.75, 3.05) is 36.5 Å². The quantitative estimate of drug-likeness (QED) is 0.551. The molecule has 1 aliphatic rings. The molecule has 10 heteroatoms.